The number of hydrogen-bond acceptors (Lipinski definition) is 5. The fraction of sp³-hybridized carbons (Fsp3) is 0.533. The quantitative estimate of drug-likeness (QED) is 0.904. The predicted molar refractivity (Wildman–Crippen MR) is 88.3 cm³/mol. The number of rotatable bonds is 5. The van der Waals surface area contributed by atoms with E-state index in [4.69, 9.17) is 0 Å². The molecule has 0 aliphatic carbocycles. The summed E-state index contributed by atoms with van der Waals surface area (Å²) in [5.41, 5.74) is 1.02. The summed E-state index contributed by atoms with van der Waals surface area (Å²) in [4.78, 5) is 2.44. The molecule has 0 amide bonds. The molecule has 0 bridgehead atoms. The van der Waals surface area contributed by atoms with Gasteiger partial charge in [-0.15, -0.1) is 17.5 Å². The Balaban J connectivity index is 0.00000176. The van der Waals surface area contributed by atoms with Gasteiger partial charge in [-0.1, -0.05) is 18.2 Å². The molecule has 0 atom stereocenters. The Hall–Kier alpha value is -1.50. The summed E-state index contributed by atoms with van der Waals surface area (Å²) in [7, 11) is 2.03. The molecule has 3 rings (SSSR count). The Morgan fingerprint density at radius 1 is 1.18 bits per heavy atom. The molecule has 1 fully saturated rings. The fourth-order valence-corrected chi connectivity index (χ4v) is 2.91. The van der Waals surface area contributed by atoms with Gasteiger partial charge >= 0.3 is 0 Å². The highest BCUT2D eigenvalue weighted by atomic mass is 35.5. The summed E-state index contributed by atoms with van der Waals surface area (Å²) in [5, 5.41) is 15.4. The van der Waals surface area contributed by atoms with Crippen molar-refractivity contribution in [2.45, 2.75) is 19.4 Å². The van der Waals surface area contributed by atoms with Gasteiger partial charge in [0, 0.05) is 0 Å². The number of piperidine rings is 1. The van der Waals surface area contributed by atoms with E-state index in [1.54, 1.807) is 0 Å². The topological polar surface area (TPSA) is 58.9 Å². The fourth-order valence-electron chi connectivity index (χ4n) is 2.91. The van der Waals surface area contributed by atoms with Crippen molar-refractivity contribution in [1.82, 2.24) is 30.4 Å². The summed E-state index contributed by atoms with van der Waals surface area (Å²) >= 11 is 0. The minimum Gasteiger partial charge on any atom is -0.319 e. The summed E-state index contributed by atoms with van der Waals surface area (Å²) in [5.74, 6) is 1.71. The molecule has 2 aromatic rings. The molecule has 0 saturated carbocycles. The Labute approximate surface area is 137 Å². The van der Waals surface area contributed by atoms with Crippen LogP contribution in [0.5, 0.6) is 0 Å². The molecule has 1 aromatic carbocycles. The van der Waals surface area contributed by atoms with Gasteiger partial charge in [0.1, 0.15) is 0 Å². The third-order valence-corrected chi connectivity index (χ3v) is 4.10. The van der Waals surface area contributed by atoms with E-state index in [-0.39, 0.29) is 12.4 Å². The van der Waals surface area contributed by atoms with Crippen LogP contribution in [-0.4, -0.2) is 51.8 Å². The summed E-state index contributed by atoms with van der Waals surface area (Å²) in [6, 6.07) is 10.1. The molecular weight excluding hydrogens is 300 g/mol. The molecule has 0 unspecified atom stereocenters. The van der Waals surface area contributed by atoms with Crippen molar-refractivity contribution in [3.63, 3.8) is 0 Å². The second-order valence-electron chi connectivity index (χ2n) is 5.62. The number of nitrogens with one attached hydrogen (secondary N) is 1. The van der Waals surface area contributed by atoms with Crippen LogP contribution in [0.3, 0.4) is 0 Å². The van der Waals surface area contributed by atoms with Crippen LogP contribution in [0.4, 0.5) is 0 Å². The number of tetrazole rings is 1. The van der Waals surface area contributed by atoms with Crippen molar-refractivity contribution in [1.29, 1.82) is 0 Å². The van der Waals surface area contributed by atoms with E-state index in [2.05, 4.69) is 25.7 Å². The number of halogens is 1. The number of para-hydroxylation sites is 1. The van der Waals surface area contributed by atoms with Crippen LogP contribution in [0, 0.1) is 5.92 Å². The molecule has 1 aliphatic heterocycles. The van der Waals surface area contributed by atoms with Gasteiger partial charge in [0.15, 0.2) is 5.82 Å². The molecule has 22 heavy (non-hydrogen) atoms. The number of hydrogen-bond donors (Lipinski definition) is 1. The molecule has 1 N–H and O–H groups in total. The maximum Gasteiger partial charge on any atom is 0.170 e. The van der Waals surface area contributed by atoms with Crippen molar-refractivity contribution in [3.8, 4) is 5.69 Å². The molecule has 0 spiro atoms. The van der Waals surface area contributed by atoms with Crippen LogP contribution in [0.1, 0.15) is 18.7 Å². The first-order valence-electron chi connectivity index (χ1n) is 7.56. The first-order chi connectivity index (χ1) is 10.4. The Kier molecular flexibility index (Phi) is 6.30. The van der Waals surface area contributed by atoms with Gasteiger partial charge in [0.25, 0.3) is 0 Å². The lowest BCUT2D eigenvalue weighted by atomic mass is 9.97. The van der Waals surface area contributed by atoms with Crippen molar-refractivity contribution < 1.29 is 0 Å². The lowest BCUT2D eigenvalue weighted by Crippen LogP contribution is -2.36. The standard InChI is InChI=1S/C15H22N6.ClH/c1-16-11-13-7-9-20(10-8-13)12-15-17-18-19-21(15)14-5-3-2-4-6-14;/h2-6,13,16H,7-12H2,1H3;1H. The van der Waals surface area contributed by atoms with Crippen LogP contribution in [0.15, 0.2) is 30.3 Å². The first-order valence-corrected chi connectivity index (χ1v) is 7.56. The molecular formula is C15H23ClN6. The first kappa shape index (κ1) is 16.9. The highest BCUT2D eigenvalue weighted by Gasteiger charge is 2.20. The zero-order valence-electron chi connectivity index (χ0n) is 12.9. The van der Waals surface area contributed by atoms with E-state index in [1.807, 2.05) is 42.1 Å². The zero-order valence-corrected chi connectivity index (χ0v) is 13.7. The SMILES string of the molecule is CNCC1CCN(Cc2nnnn2-c2ccccc2)CC1.Cl. The van der Waals surface area contributed by atoms with Crippen LogP contribution in [-0.2, 0) is 6.54 Å². The smallest absolute Gasteiger partial charge is 0.170 e. The monoisotopic (exact) mass is 322 g/mol. The van der Waals surface area contributed by atoms with E-state index >= 15 is 0 Å². The largest absolute Gasteiger partial charge is 0.319 e. The second kappa shape index (κ2) is 8.22. The lowest BCUT2D eigenvalue weighted by molar-refractivity contribution is 0.172. The van der Waals surface area contributed by atoms with E-state index < -0.39 is 0 Å². The minimum absolute atomic E-state index is 0. The van der Waals surface area contributed by atoms with Crippen LogP contribution in [0.2, 0.25) is 0 Å². The number of aromatic nitrogens is 4. The van der Waals surface area contributed by atoms with Gasteiger partial charge in [-0.3, -0.25) is 4.90 Å². The Bertz CT molecular complexity index is 550. The molecule has 1 aromatic heterocycles. The van der Waals surface area contributed by atoms with Crippen molar-refractivity contribution in [2.24, 2.45) is 5.92 Å². The lowest BCUT2D eigenvalue weighted by Gasteiger charge is -2.31. The normalized spacial score (nSPS) is 16.4. The summed E-state index contributed by atoms with van der Waals surface area (Å²) < 4.78 is 1.83. The van der Waals surface area contributed by atoms with Crippen LogP contribution < -0.4 is 5.32 Å². The van der Waals surface area contributed by atoms with E-state index in [9.17, 15) is 0 Å². The molecule has 6 nitrogen and oxygen atoms in total. The number of benzene rings is 1. The molecule has 1 aliphatic rings. The minimum atomic E-state index is 0. The van der Waals surface area contributed by atoms with E-state index in [0.29, 0.717) is 0 Å². The maximum atomic E-state index is 4.19. The number of likely N-dealkylation sites (tertiary alicyclic amines) is 1. The third kappa shape index (κ3) is 4.03. The van der Waals surface area contributed by atoms with Crippen LogP contribution >= 0.6 is 12.4 Å². The van der Waals surface area contributed by atoms with Gasteiger partial charge in [-0.2, -0.15) is 4.68 Å². The Morgan fingerprint density at radius 3 is 2.59 bits per heavy atom. The van der Waals surface area contributed by atoms with Crippen LogP contribution in [0.25, 0.3) is 5.69 Å². The third-order valence-electron chi connectivity index (χ3n) is 4.10. The molecule has 2 heterocycles. The summed E-state index contributed by atoms with van der Waals surface area (Å²) in [6.45, 7) is 4.17. The van der Waals surface area contributed by atoms with Gasteiger partial charge in [0.2, 0.25) is 0 Å². The van der Waals surface area contributed by atoms with Crippen molar-refractivity contribution in [2.75, 3.05) is 26.7 Å². The Morgan fingerprint density at radius 2 is 1.91 bits per heavy atom. The average Bonchev–Trinajstić information content (AvgIpc) is 2.98. The van der Waals surface area contributed by atoms with Gasteiger partial charge < -0.3 is 5.32 Å². The predicted octanol–water partition coefficient (Wildman–Crippen LogP) is 1.52. The highest BCUT2D eigenvalue weighted by molar-refractivity contribution is 5.85. The second-order valence-corrected chi connectivity index (χ2v) is 5.62. The van der Waals surface area contributed by atoms with Gasteiger partial charge in [0.05, 0.1) is 12.2 Å². The average molecular weight is 323 g/mol. The zero-order chi connectivity index (χ0) is 14.5. The maximum absolute atomic E-state index is 4.19. The van der Waals surface area contributed by atoms with Gasteiger partial charge in [-0.05, 0) is 68.0 Å². The van der Waals surface area contributed by atoms with E-state index in [0.717, 1.165) is 43.6 Å². The molecule has 120 valence electrons. The molecule has 1 saturated heterocycles. The molecule has 0 radical (unpaired) electrons. The van der Waals surface area contributed by atoms with Crippen molar-refractivity contribution >= 4 is 12.4 Å². The molecule has 7 heteroatoms. The van der Waals surface area contributed by atoms with Gasteiger partial charge in [-0.25, -0.2) is 0 Å². The number of nitrogens with zero attached hydrogens (tertiary/aromatic N) is 5. The van der Waals surface area contributed by atoms with E-state index in [1.165, 1.54) is 12.8 Å². The highest BCUT2D eigenvalue weighted by Crippen LogP contribution is 2.18. The van der Waals surface area contributed by atoms with Crippen molar-refractivity contribution in [3.05, 3.63) is 36.2 Å². The summed E-state index contributed by atoms with van der Waals surface area (Å²) in [6.07, 6.45) is 2.49.